The monoisotopic (exact) mass is 377 g/mol. The smallest absolute Gasteiger partial charge is 0.249 e. The van der Waals surface area contributed by atoms with Crippen molar-refractivity contribution in [2.75, 3.05) is 17.2 Å². The van der Waals surface area contributed by atoms with Gasteiger partial charge in [0.2, 0.25) is 5.95 Å². The van der Waals surface area contributed by atoms with Crippen molar-refractivity contribution in [2.45, 2.75) is 6.42 Å². The molecule has 5 nitrogen and oxygen atoms in total. The lowest BCUT2D eigenvalue weighted by Gasteiger charge is -2.08. The molecule has 2 aromatic carbocycles. The first-order valence-corrected chi connectivity index (χ1v) is 8.26. The lowest BCUT2D eigenvalue weighted by molar-refractivity contribution is 0.610. The van der Waals surface area contributed by atoms with Gasteiger partial charge in [-0.05, 0) is 36.2 Å². The summed E-state index contributed by atoms with van der Waals surface area (Å²) in [6.45, 7) is 0.520. The fraction of sp³-hybridized carbons (Fsp3) is 0.118. The number of rotatable bonds is 6. The molecule has 0 atom stereocenters. The molecule has 25 heavy (non-hydrogen) atoms. The van der Waals surface area contributed by atoms with Crippen molar-refractivity contribution in [3.8, 4) is 0 Å². The van der Waals surface area contributed by atoms with Crippen molar-refractivity contribution in [3.05, 3.63) is 70.1 Å². The number of aromatic nitrogens is 3. The molecule has 0 saturated carbocycles. The molecule has 0 aliphatic heterocycles. The van der Waals surface area contributed by atoms with Crippen LogP contribution in [0, 0.1) is 5.82 Å². The summed E-state index contributed by atoms with van der Waals surface area (Å²) >= 11 is 11.9. The van der Waals surface area contributed by atoms with E-state index in [-0.39, 0.29) is 5.82 Å². The molecule has 3 aromatic rings. The zero-order chi connectivity index (χ0) is 17.6. The third-order valence-electron chi connectivity index (χ3n) is 3.39. The summed E-state index contributed by atoms with van der Waals surface area (Å²) < 4.78 is 13.6. The van der Waals surface area contributed by atoms with Crippen LogP contribution in [0.2, 0.25) is 10.0 Å². The first-order chi connectivity index (χ1) is 12.1. The van der Waals surface area contributed by atoms with Crippen molar-refractivity contribution in [1.29, 1.82) is 0 Å². The molecule has 0 spiro atoms. The van der Waals surface area contributed by atoms with E-state index in [0.29, 0.717) is 46.0 Å². The number of benzene rings is 2. The second-order valence-corrected chi connectivity index (χ2v) is 6.00. The highest BCUT2D eigenvalue weighted by Gasteiger charge is 2.05. The molecular formula is C17H14Cl2FN5. The minimum absolute atomic E-state index is 0.216. The second kappa shape index (κ2) is 8.09. The van der Waals surface area contributed by atoms with Gasteiger partial charge in [-0.2, -0.15) is 10.1 Å². The molecule has 0 fully saturated rings. The summed E-state index contributed by atoms with van der Waals surface area (Å²) in [4.78, 5) is 4.31. The molecule has 0 aliphatic carbocycles. The first-order valence-electron chi connectivity index (χ1n) is 7.51. The Kier molecular flexibility index (Phi) is 5.63. The van der Waals surface area contributed by atoms with E-state index in [9.17, 15) is 4.39 Å². The van der Waals surface area contributed by atoms with E-state index in [1.54, 1.807) is 30.3 Å². The van der Waals surface area contributed by atoms with Crippen LogP contribution >= 0.6 is 23.2 Å². The average Bonchev–Trinajstić information content (AvgIpc) is 2.60. The number of nitrogens with one attached hydrogen (secondary N) is 2. The summed E-state index contributed by atoms with van der Waals surface area (Å²) in [5.74, 6) is 0.635. The van der Waals surface area contributed by atoms with Gasteiger partial charge in [0.1, 0.15) is 5.82 Å². The summed E-state index contributed by atoms with van der Waals surface area (Å²) in [7, 11) is 0. The minimum atomic E-state index is -0.216. The van der Waals surface area contributed by atoms with Gasteiger partial charge in [0, 0.05) is 12.2 Å². The summed E-state index contributed by atoms with van der Waals surface area (Å²) in [6, 6.07) is 11.8. The molecule has 0 radical (unpaired) electrons. The molecule has 0 bridgehead atoms. The molecule has 8 heteroatoms. The molecule has 0 amide bonds. The number of hydrogen-bond donors (Lipinski definition) is 2. The highest BCUT2D eigenvalue weighted by molar-refractivity contribution is 6.42. The van der Waals surface area contributed by atoms with Gasteiger partial charge in [0.25, 0.3) is 0 Å². The molecule has 1 heterocycles. The van der Waals surface area contributed by atoms with Crippen molar-refractivity contribution < 1.29 is 4.39 Å². The van der Waals surface area contributed by atoms with Crippen LogP contribution in [0.4, 0.5) is 21.8 Å². The fourth-order valence-corrected chi connectivity index (χ4v) is 2.47. The number of anilines is 3. The molecule has 0 unspecified atom stereocenters. The quantitative estimate of drug-likeness (QED) is 0.650. The van der Waals surface area contributed by atoms with E-state index in [2.05, 4.69) is 25.8 Å². The largest absolute Gasteiger partial charge is 0.368 e. The van der Waals surface area contributed by atoms with Gasteiger partial charge in [0.05, 0.1) is 16.2 Å². The maximum atomic E-state index is 13.6. The standard InChI is InChI=1S/C17H14Cl2FN5/c18-13-6-5-12(9-14(13)19)23-17-24-16(10-22-25-17)21-8-7-11-3-1-2-4-15(11)20/h1-6,9-10H,7-8H2,(H2,21,23,24,25). The van der Waals surface area contributed by atoms with Crippen LogP contribution in [0.5, 0.6) is 0 Å². The van der Waals surface area contributed by atoms with Gasteiger partial charge in [0.15, 0.2) is 5.82 Å². The van der Waals surface area contributed by atoms with E-state index in [0.717, 1.165) is 0 Å². The third-order valence-corrected chi connectivity index (χ3v) is 4.13. The van der Waals surface area contributed by atoms with Crippen LogP contribution in [-0.4, -0.2) is 21.7 Å². The Labute approximate surface area is 154 Å². The van der Waals surface area contributed by atoms with Gasteiger partial charge in [-0.25, -0.2) is 4.39 Å². The second-order valence-electron chi connectivity index (χ2n) is 5.19. The molecule has 3 rings (SSSR count). The third kappa shape index (κ3) is 4.78. The number of nitrogens with zero attached hydrogens (tertiary/aromatic N) is 3. The Morgan fingerprint density at radius 2 is 1.88 bits per heavy atom. The lowest BCUT2D eigenvalue weighted by atomic mass is 10.1. The van der Waals surface area contributed by atoms with Crippen LogP contribution < -0.4 is 10.6 Å². The number of hydrogen-bond acceptors (Lipinski definition) is 5. The average molecular weight is 378 g/mol. The SMILES string of the molecule is Fc1ccccc1CCNc1cnnc(Nc2ccc(Cl)c(Cl)c2)n1. The van der Waals surface area contributed by atoms with E-state index in [1.807, 2.05) is 6.07 Å². The molecule has 0 aliphatic rings. The Hall–Kier alpha value is -2.44. The molecule has 2 N–H and O–H groups in total. The van der Waals surface area contributed by atoms with Crippen LogP contribution in [0.25, 0.3) is 0 Å². The zero-order valence-electron chi connectivity index (χ0n) is 13.0. The molecule has 128 valence electrons. The first kappa shape index (κ1) is 17.4. The molecular weight excluding hydrogens is 364 g/mol. The lowest BCUT2D eigenvalue weighted by Crippen LogP contribution is -2.09. The zero-order valence-corrected chi connectivity index (χ0v) is 14.5. The van der Waals surface area contributed by atoms with E-state index >= 15 is 0 Å². The van der Waals surface area contributed by atoms with Crippen LogP contribution in [0.3, 0.4) is 0 Å². The predicted octanol–water partition coefficient (Wildman–Crippen LogP) is 4.72. The summed E-state index contributed by atoms with van der Waals surface area (Å²) in [6.07, 6.45) is 2.04. The Morgan fingerprint density at radius 3 is 2.68 bits per heavy atom. The van der Waals surface area contributed by atoms with E-state index in [4.69, 9.17) is 23.2 Å². The highest BCUT2D eigenvalue weighted by Crippen LogP contribution is 2.26. The molecule has 0 saturated heterocycles. The normalized spacial score (nSPS) is 10.5. The fourth-order valence-electron chi connectivity index (χ4n) is 2.17. The minimum Gasteiger partial charge on any atom is -0.368 e. The predicted molar refractivity (Wildman–Crippen MR) is 98.2 cm³/mol. The van der Waals surface area contributed by atoms with Crippen molar-refractivity contribution in [3.63, 3.8) is 0 Å². The summed E-state index contributed by atoms with van der Waals surface area (Å²) in [5.41, 5.74) is 1.34. The van der Waals surface area contributed by atoms with E-state index in [1.165, 1.54) is 12.3 Å². The van der Waals surface area contributed by atoms with Gasteiger partial charge in [-0.1, -0.05) is 41.4 Å². The topological polar surface area (TPSA) is 62.7 Å². The van der Waals surface area contributed by atoms with Crippen molar-refractivity contribution >= 4 is 40.7 Å². The Balaban J connectivity index is 1.61. The van der Waals surface area contributed by atoms with Gasteiger partial charge in [-0.15, -0.1) is 5.10 Å². The van der Waals surface area contributed by atoms with Gasteiger partial charge < -0.3 is 10.6 Å². The van der Waals surface area contributed by atoms with Crippen molar-refractivity contribution in [2.24, 2.45) is 0 Å². The van der Waals surface area contributed by atoms with Gasteiger partial charge >= 0.3 is 0 Å². The van der Waals surface area contributed by atoms with Crippen LogP contribution in [0.1, 0.15) is 5.56 Å². The van der Waals surface area contributed by atoms with Crippen LogP contribution in [0.15, 0.2) is 48.7 Å². The van der Waals surface area contributed by atoms with Crippen molar-refractivity contribution in [1.82, 2.24) is 15.2 Å². The highest BCUT2D eigenvalue weighted by atomic mass is 35.5. The Morgan fingerprint density at radius 1 is 1.04 bits per heavy atom. The van der Waals surface area contributed by atoms with Gasteiger partial charge in [-0.3, -0.25) is 0 Å². The number of halogens is 3. The van der Waals surface area contributed by atoms with E-state index < -0.39 is 0 Å². The maximum Gasteiger partial charge on any atom is 0.249 e. The Bertz CT molecular complexity index is 875. The molecule has 1 aromatic heterocycles. The maximum absolute atomic E-state index is 13.6. The van der Waals surface area contributed by atoms with Crippen LogP contribution in [-0.2, 0) is 6.42 Å². The summed E-state index contributed by atoms with van der Waals surface area (Å²) in [5, 5.41) is 14.8.